The lowest BCUT2D eigenvalue weighted by Gasteiger charge is -2.24. The van der Waals surface area contributed by atoms with Crippen LogP contribution in [0.15, 0.2) is 18.2 Å². The minimum Gasteiger partial charge on any atom is -0.478 e. The molecule has 0 radical (unpaired) electrons. The molecule has 1 aromatic carbocycles. The highest BCUT2D eigenvalue weighted by atomic mass is 16.4. The number of nitrogens with one attached hydrogen (secondary N) is 2. The highest BCUT2D eigenvalue weighted by molar-refractivity contribution is 5.90. The molecule has 5 nitrogen and oxygen atoms in total. The zero-order valence-corrected chi connectivity index (χ0v) is 12.6. The maximum Gasteiger partial charge on any atom is 0.335 e. The molecular weight excluding hydrogens is 256 g/mol. The number of benzene rings is 1. The molecule has 0 heterocycles. The summed E-state index contributed by atoms with van der Waals surface area (Å²) >= 11 is 0. The van der Waals surface area contributed by atoms with Gasteiger partial charge in [-0.15, -0.1) is 0 Å². The van der Waals surface area contributed by atoms with Crippen LogP contribution >= 0.6 is 0 Å². The third kappa shape index (κ3) is 4.57. The van der Waals surface area contributed by atoms with Crippen molar-refractivity contribution in [3.63, 3.8) is 0 Å². The highest BCUT2D eigenvalue weighted by Gasteiger charge is 2.19. The zero-order chi connectivity index (χ0) is 15.5. The third-order valence-electron chi connectivity index (χ3n) is 2.73. The number of amides is 1. The Hall–Kier alpha value is -2.04. The maximum absolute atomic E-state index is 12.0. The Morgan fingerprint density at radius 2 is 1.85 bits per heavy atom. The van der Waals surface area contributed by atoms with Crippen molar-refractivity contribution in [2.75, 3.05) is 5.32 Å². The van der Waals surface area contributed by atoms with Gasteiger partial charge in [0.1, 0.15) is 6.04 Å². The van der Waals surface area contributed by atoms with E-state index < -0.39 is 12.0 Å². The molecule has 1 rings (SSSR count). The summed E-state index contributed by atoms with van der Waals surface area (Å²) in [7, 11) is 0. The van der Waals surface area contributed by atoms with Crippen molar-refractivity contribution in [3.8, 4) is 0 Å². The van der Waals surface area contributed by atoms with Crippen molar-refractivity contribution in [3.05, 3.63) is 29.3 Å². The van der Waals surface area contributed by atoms with Gasteiger partial charge in [-0.3, -0.25) is 4.79 Å². The van der Waals surface area contributed by atoms with Crippen LogP contribution in [0.5, 0.6) is 0 Å². The first-order valence-electron chi connectivity index (χ1n) is 6.52. The van der Waals surface area contributed by atoms with E-state index >= 15 is 0 Å². The Bertz CT molecular complexity index is 518. The maximum atomic E-state index is 12.0. The van der Waals surface area contributed by atoms with Crippen LogP contribution in [0, 0.1) is 6.92 Å². The molecular formula is C15H22N2O3. The average molecular weight is 278 g/mol. The highest BCUT2D eigenvalue weighted by Crippen LogP contribution is 2.16. The molecule has 3 N–H and O–H groups in total. The Morgan fingerprint density at radius 1 is 1.25 bits per heavy atom. The van der Waals surface area contributed by atoms with Crippen molar-refractivity contribution < 1.29 is 14.7 Å². The van der Waals surface area contributed by atoms with Crippen LogP contribution in [-0.4, -0.2) is 28.6 Å². The topological polar surface area (TPSA) is 78.4 Å². The largest absolute Gasteiger partial charge is 0.478 e. The van der Waals surface area contributed by atoms with Gasteiger partial charge in [-0.2, -0.15) is 0 Å². The summed E-state index contributed by atoms with van der Waals surface area (Å²) in [5.41, 5.74) is 1.37. The van der Waals surface area contributed by atoms with Crippen molar-refractivity contribution >= 4 is 17.6 Å². The molecule has 20 heavy (non-hydrogen) atoms. The Labute approximate surface area is 119 Å². The number of carbonyl (C=O) groups is 2. The first-order valence-corrected chi connectivity index (χ1v) is 6.52. The number of carboxylic acid groups (broad SMARTS) is 1. The molecule has 110 valence electrons. The number of carbonyl (C=O) groups excluding carboxylic acids is 1. The second kappa shape index (κ2) is 5.94. The standard InChI is InChI=1S/C15H22N2O3/c1-9-8-11(6-7-12(9)14(19)20)16-10(2)13(18)17-15(3,4)5/h6-8,10,16H,1-5H3,(H,17,18)(H,19,20). The van der Waals surface area contributed by atoms with Crippen LogP contribution in [0.3, 0.4) is 0 Å². The van der Waals surface area contributed by atoms with Crippen LogP contribution in [0.25, 0.3) is 0 Å². The third-order valence-corrected chi connectivity index (χ3v) is 2.73. The molecule has 0 saturated heterocycles. The van der Waals surface area contributed by atoms with Crippen molar-refractivity contribution in [1.82, 2.24) is 5.32 Å². The van der Waals surface area contributed by atoms with E-state index in [1.54, 1.807) is 26.0 Å². The van der Waals surface area contributed by atoms with Gasteiger partial charge in [0, 0.05) is 11.2 Å². The van der Waals surface area contributed by atoms with Crippen molar-refractivity contribution in [1.29, 1.82) is 0 Å². The van der Waals surface area contributed by atoms with Crippen LogP contribution in [0.2, 0.25) is 0 Å². The number of anilines is 1. The Balaban J connectivity index is 2.76. The minimum absolute atomic E-state index is 0.0996. The van der Waals surface area contributed by atoms with E-state index in [-0.39, 0.29) is 17.0 Å². The normalized spacial score (nSPS) is 12.7. The van der Waals surface area contributed by atoms with Gasteiger partial charge in [0.05, 0.1) is 5.56 Å². The molecule has 0 bridgehead atoms. The van der Waals surface area contributed by atoms with E-state index in [2.05, 4.69) is 10.6 Å². The van der Waals surface area contributed by atoms with Crippen LogP contribution in [0.1, 0.15) is 43.6 Å². The Kier molecular flexibility index (Phi) is 4.76. The van der Waals surface area contributed by atoms with Gasteiger partial charge in [0.25, 0.3) is 0 Å². The summed E-state index contributed by atoms with van der Waals surface area (Å²) in [5.74, 6) is -1.05. The van der Waals surface area contributed by atoms with E-state index in [1.165, 1.54) is 6.07 Å². The van der Waals surface area contributed by atoms with E-state index in [1.807, 2.05) is 20.8 Å². The van der Waals surface area contributed by atoms with E-state index in [0.29, 0.717) is 5.56 Å². The van der Waals surface area contributed by atoms with Crippen LogP contribution in [0.4, 0.5) is 5.69 Å². The van der Waals surface area contributed by atoms with E-state index in [9.17, 15) is 9.59 Å². The summed E-state index contributed by atoms with van der Waals surface area (Å²) in [5, 5.41) is 14.9. The van der Waals surface area contributed by atoms with Gasteiger partial charge in [-0.1, -0.05) is 0 Å². The molecule has 0 fully saturated rings. The molecule has 0 aromatic heterocycles. The van der Waals surface area contributed by atoms with Gasteiger partial charge in [-0.05, 0) is 58.4 Å². The second-order valence-electron chi connectivity index (χ2n) is 5.94. The molecule has 1 atom stereocenters. The molecule has 0 saturated carbocycles. The van der Waals surface area contributed by atoms with Gasteiger partial charge in [0.2, 0.25) is 5.91 Å². The fourth-order valence-corrected chi connectivity index (χ4v) is 1.79. The van der Waals surface area contributed by atoms with E-state index in [4.69, 9.17) is 5.11 Å². The molecule has 1 unspecified atom stereocenters. The van der Waals surface area contributed by atoms with Gasteiger partial charge >= 0.3 is 5.97 Å². The molecule has 0 aliphatic rings. The predicted molar refractivity (Wildman–Crippen MR) is 79.1 cm³/mol. The van der Waals surface area contributed by atoms with Crippen molar-refractivity contribution in [2.45, 2.75) is 46.2 Å². The fraction of sp³-hybridized carbons (Fsp3) is 0.467. The Morgan fingerprint density at radius 3 is 2.30 bits per heavy atom. The number of aryl methyl sites for hydroxylation is 1. The molecule has 0 spiro atoms. The monoisotopic (exact) mass is 278 g/mol. The SMILES string of the molecule is Cc1cc(NC(C)C(=O)NC(C)(C)C)ccc1C(=O)O. The zero-order valence-electron chi connectivity index (χ0n) is 12.6. The average Bonchev–Trinajstić information content (AvgIpc) is 2.26. The second-order valence-corrected chi connectivity index (χ2v) is 5.94. The summed E-state index contributed by atoms with van der Waals surface area (Å²) in [6.07, 6.45) is 0. The quantitative estimate of drug-likeness (QED) is 0.790. The summed E-state index contributed by atoms with van der Waals surface area (Å²) < 4.78 is 0. The predicted octanol–water partition coefficient (Wildman–Crippen LogP) is 2.41. The molecule has 0 aliphatic carbocycles. The molecule has 1 aromatic rings. The first kappa shape index (κ1) is 16.0. The van der Waals surface area contributed by atoms with Gasteiger partial charge in [-0.25, -0.2) is 4.79 Å². The number of aromatic carboxylic acids is 1. The fourth-order valence-electron chi connectivity index (χ4n) is 1.79. The molecule has 1 amide bonds. The summed E-state index contributed by atoms with van der Waals surface area (Å²) in [4.78, 5) is 22.9. The lowest BCUT2D eigenvalue weighted by Crippen LogP contribution is -2.47. The number of carboxylic acids is 1. The number of hydrogen-bond donors (Lipinski definition) is 3. The van der Waals surface area contributed by atoms with Crippen LogP contribution in [-0.2, 0) is 4.79 Å². The van der Waals surface area contributed by atoms with Crippen LogP contribution < -0.4 is 10.6 Å². The van der Waals surface area contributed by atoms with Gasteiger partial charge < -0.3 is 15.7 Å². The lowest BCUT2D eigenvalue weighted by molar-refractivity contribution is -0.122. The summed E-state index contributed by atoms with van der Waals surface area (Å²) in [6.45, 7) is 9.26. The first-order chi connectivity index (χ1) is 9.10. The van der Waals surface area contributed by atoms with E-state index in [0.717, 1.165) is 5.69 Å². The molecule has 0 aliphatic heterocycles. The summed E-state index contributed by atoms with van der Waals surface area (Å²) in [6, 6.07) is 4.53. The molecule has 5 heteroatoms. The minimum atomic E-state index is -0.951. The number of hydrogen-bond acceptors (Lipinski definition) is 3. The van der Waals surface area contributed by atoms with Crippen molar-refractivity contribution in [2.24, 2.45) is 0 Å². The smallest absolute Gasteiger partial charge is 0.335 e. The number of rotatable bonds is 4. The van der Waals surface area contributed by atoms with Gasteiger partial charge in [0.15, 0.2) is 0 Å². The lowest BCUT2D eigenvalue weighted by atomic mass is 10.1.